The number of halogens is 2. The summed E-state index contributed by atoms with van der Waals surface area (Å²) in [5, 5.41) is 0. The molecule has 2 saturated heterocycles. The molecule has 1 aliphatic carbocycles. The summed E-state index contributed by atoms with van der Waals surface area (Å²) in [6, 6.07) is 7.77. The van der Waals surface area contributed by atoms with Crippen LogP contribution in [0.1, 0.15) is 50.5 Å². The van der Waals surface area contributed by atoms with Gasteiger partial charge in [-0.3, -0.25) is 4.90 Å². The molecule has 1 saturated carbocycles. The Morgan fingerprint density at radius 2 is 1.87 bits per heavy atom. The smallest absolute Gasteiger partial charge is 0.349 e. The zero-order valence-corrected chi connectivity index (χ0v) is 18.5. The zero-order valence-electron chi connectivity index (χ0n) is 18.5. The van der Waals surface area contributed by atoms with Gasteiger partial charge in [-0.05, 0) is 56.2 Å². The van der Waals surface area contributed by atoms with E-state index in [0.717, 1.165) is 43.1 Å². The molecule has 31 heavy (non-hydrogen) atoms. The van der Waals surface area contributed by atoms with E-state index >= 15 is 0 Å². The van der Waals surface area contributed by atoms with Gasteiger partial charge in [-0.15, -0.1) is 0 Å². The summed E-state index contributed by atoms with van der Waals surface area (Å²) in [4.78, 5) is 23.5. The molecule has 5 nitrogen and oxygen atoms in total. The molecule has 0 aromatic heterocycles. The number of carbonyl (C=O) groups excluding carboxylic acids is 1. The second-order valence-corrected chi connectivity index (χ2v) is 9.46. The van der Waals surface area contributed by atoms with E-state index < -0.39 is 5.92 Å². The number of anilines is 1. The molecule has 3 fully saturated rings. The van der Waals surface area contributed by atoms with Crippen molar-refractivity contribution in [3.05, 3.63) is 29.8 Å². The summed E-state index contributed by atoms with van der Waals surface area (Å²) in [6.45, 7) is 5.67. The Balaban J connectivity index is 1.42. The van der Waals surface area contributed by atoms with Crippen molar-refractivity contribution < 1.29 is 13.6 Å². The summed E-state index contributed by atoms with van der Waals surface area (Å²) in [6.07, 6.45) is 7.02. The number of likely N-dealkylation sites (tertiary alicyclic amines) is 2. The molecule has 2 amide bonds. The highest BCUT2D eigenvalue weighted by Gasteiger charge is 2.34. The molecular weight excluding hydrogens is 398 g/mol. The van der Waals surface area contributed by atoms with Crippen LogP contribution in [-0.2, 0) is 0 Å². The summed E-state index contributed by atoms with van der Waals surface area (Å²) in [7, 11) is 0. The van der Waals surface area contributed by atoms with Crippen LogP contribution < -0.4 is 4.90 Å². The summed E-state index contributed by atoms with van der Waals surface area (Å²) in [5.41, 5.74) is 1.96. The molecule has 1 aromatic rings. The predicted molar refractivity (Wildman–Crippen MR) is 120 cm³/mol. The molecule has 0 atom stereocenters. The van der Waals surface area contributed by atoms with E-state index in [-0.39, 0.29) is 38.0 Å². The third-order valence-electron chi connectivity index (χ3n) is 7.01. The molecule has 1 aromatic carbocycles. The maximum absolute atomic E-state index is 13.4. The van der Waals surface area contributed by atoms with Crippen LogP contribution in [0.2, 0.25) is 0 Å². The average molecular weight is 433 g/mol. The number of hydrogen-bond donors (Lipinski definition) is 0. The lowest BCUT2D eigenvalue weighted by atomic mass is 9.84. The van der Waals surface area contributed by atoms with Crippen LogP contribution in [0.4, 0.5) is 19.3 Å². The number of benzene rings is 1. The number of hydrogen-bond acceptors (Lipinski definition) is 2. The monoisotopic (exact) mass is 432 g/mol. The van der Waals surface area contributed by atoms with Gasteiger partial charge in [0.05, 0.1) is 6.34 Å². The van der Waals surface area contributed by atoms with E-state index in [4.69, 9.17) is 0 Å². The van der Waals surface area contributed by atoms with Crippen LogP contribution in [0.25, 0.3) is 0 Å². The first-order chi connectivity index (χ1) is 14.9. The first kappa shape index (κ1) is 22.2. The molecule has 0 unspecified atom stereocenters. The maximum atomic E-state index is 13.4. The molecule has 170 valence electrons. The van der Waals surface area contributed by atoms with Crippen molar-refractivity contribution in [1.29, 1.82) is 0 Å². The van der Waals surface area contributed by atoms with Crippen molar-refractivity contribution in [3.8, 4) is 0 Å². The van der Waals surface area contributed by atoms with Gasteiger partial charge in [-0.2, -0.15) is 4.99 Å². The number of alkyl halides is 2. The van der Waals surface area contributed by atoms with Gasteiger partial charge in [0.2, 0.25) is 0 Å². The van der Waals surface area contributed by atoms with Gasteiger partial charge >= 0.3 is 6.03 Å². The molecule has 7 heteroatoms. The second kappa shape index (κ2) is 9.63. The lowest BCUT2D eigenvalue weighted by molar-refractivity contribution is -0.0427. The maximum Gasteiger partial charge on any atom is 0.349 e. The fourth-order valence-corrected chi connectivity index (χ4v) is 4.82. The lowest BCUT2D eigenvalue weighted by Crippen LogP contribution is -2.48. The minimum absolute atomic E-state index is 0.106. The van der Waals surface area contributed by atoms with Crippen molar-refractivity contribution in [1.82, 2.24) is 9.80 Å². The molecule has 0 spiro atoms. The fourth-order valence-electron chi connectivity index (χ4n) is 4.82. The van der Waals surface area contributed by atoms with Gasteiger partial charge in [0.1, 0.15) is 0 Å². The van der Waals surface area contributed by atoms with Gasteiger partial charge in [-0.1, -0.05) is 18.6 Å². The third-order valence-corrected chi connectivity index (χ3v) is 7.01. The molecule has 2 aliphatic heterocycles. The normalized spacial score (nSPS) is 23.1. The van der Waals surface area contributed by atoms with Crippen LogP contribution in [0.5, 0.6) is 0 Å². The van der Waals surface area contributed by atoms with E-state index in [2.05, 4.69) is 9.89 Å². The van der Waals surface area contributed by atoms with Crippen molar-refractivity contribution in [2.45, 2.75) is 63.8 Å². The Morgan fingerprint density at radius 1 is 1.16 bits per heavy atom. The number of aryl methyl sites for hydroxylation is 1. The average Bonchev–Trinajstić information content (AvgIpc) is 2.71. The Kier molecular flexibility index (Phi) is 6.89. The quantitative estimate of drug-likeness (QED) is 0.488. The first-order valence-corrected chi connectivity index (χ1v) is 11.7. The number of rotatable bonds is 5. The molecule has 0 radical (unpaired) electrons. The SMILES string of the molecule is Cc1cccc(N(C(=O)/N=C/N2CCC(F)(F)CC2)C2CCN(CC3CCC3)CC2)c1. The van der Waals surface area contributed by atoms with Crippen LogP contribution in [-0.4, -0.2) is 66.9 Å². The standard InChI is InChI=1S/C24H34F2N4O/c1-19-4-2-7-22(16-19)30(21-8-12-28(13-9-21)17-20-5-3-6-20)23(31)27-18-29-14-10-24(25,26)11-15-29/h2,4,7,16,18,20-21H,3,5-6,8-15,17H2,1H3/b27-18+. The van der Waals surface area contributed by atoms with E-state index in [1.807, 2.05) is 36.1 Å². The van der Waals surface area contributed by atoms with Crippen LogP contribution in [0.3, 0.4) is 0 Å². The van der Waals surface area contributed by atoms with Gasteiger partial charge in [0.25, 0.3) is 5.92 Å². The highest BCUT2D eigenvalue weighted by atomic mass is 19.3. The summed E-state index contributed by atoms with van der Waals surface area (Å²) in [5.74, 6) is -1.75. The van der Waals surface area contributed by atoms with Crippen molar-refractivity contribution in [2.24, 2.45) is 10.9 Å². The number of piperidine rings is 2. The van der Waals surface area contributed by atoms with Crippen molar-refractivity contribution in [2.75, 3.05) is 37.6 Å². The van der Waals surface area contributed by atoms with Crippen LogP contribution in [0, 0.1) is 12.8 Å². The molecular formula is C24H34F2N4O. The largest absolute Gasteiger partial charge is 0.362 e. The Morgan fingerprint density at radius 3 is 2.48 bits per heavy atom. The number of aliphatic imine (C=N–C) groups is 1. The first-order valence-electron chi connectivity index (χ1n) is 11.7. The minimum atomic E-state index is -2.60. The molecule has 4 rings (SSSR count). The van der Waals surface area contributed by atoms with Crippen molar-refractivity contribution >= 4 is 18.1 Å². The summed E-state index contributed by atoms with van der Waals surface area (Å²) < 4.78 is 26.8. The topological polar surface area (TPSA) is 39.2 Å². The van der Waals surface area contributed by atoms with Gasteiger partial charge in [0.15, 0.2) is 0 Å². The van der Waals surface area contributed by atoms with E-state index in [0.29, 0.717) is 0 Å². The van der Waals surface area contributed by atoms with E-state index in [9.17, 15) is 13.6 Å². The predicted octanol–water partition coefficient (Wildman–Crippen LogP) is 4.95. The van der Waals surface area contributed by atoms with Crippen LogP contribution in [0.15, 0.2) is 29.3 Å². The van der Waals surface area contributed by atoms with Crippen molar-refractivity contribution in [3.63, 3.8) is 0 Å². The number of urea groups is 1. The number of amides is 2. The Hall–Kier alpha value is -2.02. The second-order valence-electron chi connectivity index (χ2n) is 9.46. The van der Waals surface area contributed by atoms with Gasteiger partial charge in [0, 0.05) is 57.3 Å². The highest BCUT2D eigenvalue weighted by molar-refractivity contribution is 5.97. The Bertz CT molecular complexity index is 778. The minimum Gasteiger partial charge on any atom is -0.362 e. The summed E-state index contributed by atoms with van der Waals surface area (Å²) >= 11 is 0. The molecule has 2 heterocycles. The third kappa shape index (κ3) is 5.82. The van der Waals surface area contributed by atoms with E-state index in [1.165, 1.54) is 32.1 Å². The molecule has 0 bridgehead atoms. The molecule has 3 aliphatic rings. The van der Waals surface area contributed by atoms with E-state index in [1.54, 1.807) is 4.90 Å². The zero-order chi connectivity index (χ0) is 21.8. The highest BCUT2D eigenvalue weighted by Crippen LogP contribution is 2.30. The fraction of sp³-hybridized carbons (Fsp3) is 0.667. The number of nitrogens with zero attached hydrogens (tertiary/aromatic N) is 4. The Labute approximate surface area is 184 Å². The van der Waals surface area contributed by atoms with Gasteiger partial charge < -0.3 is 9.80 Å². The lowest BCUT2D eigenvalue weighted by Gasteiger charge is -2.40. The van der Waals surface area contributed by atoms with Crippen LogP contribution >= 0.6 is 0 Å². The molecule has 0 N–H and O–H groups in total. The number of carbonyl (C=O) groups is 1. The van der Waals surface area contributed by atoms with Gasteiger partial charge in [-0.25, -0.2) is 13.6 Å².